The Bertz CT molecular complexity index is 451. The fourth-order valence-electron chi connectivity index (χ4n) is 1.31. The Morgan fingerprint density at radius 1 is 1.61 bits per heavy atom. The van der Waals surface area contributed by atoms with E-state index in [2.05, 4.69) is 15.0 Å². The second-order valence-corrected chi connectivity index (χ2v) is 5.38. The summed E-state index contributed by atoms with van der Waals surface area (Å²) in [6.45, 7) is 2.33. The molecule has 3 N–H and O–H groups in total. The normalized spacial score (nSPS) is 11.9. The molecule has 7 heteroatoms. The van der Waals surface area contributed by atoms with Crippen LogP contribution in [-0.4, -0.2) is 40.3 Å². The average Bonchev–Trinajstić information content (AvgIpc) is 2.39. The molecule has 0 aliphatic heterocycles. The number of anilines is 2. The summed E-state index contributed by atoms with van der Waals surface area (Å²) in [5.74, 6) is 1.00. The zero-order valence-corrected chi connectivity index (χ0v) is 11.3. The number of ether oxygens (including phenoxy) is 1. The lowest BCUT2D eigenvalue weighted by molar-refractivity contribution is 0.0601. The highest BCUT2D eigenvalue weighted by Gasteiger charge is 2.13. The molecule has 18 heavy (non-hydrogen) atoms. The molecule has 0 aromatic carbocycles. The maximum atomic E-state index is 11.5. The minimum Gasteiger partial charge on any atom is -0.465 e. The van der Waals surface area contributed by atoms with Gasteiger partial charge in [-0.3, -0.25) is 4.21 Å². The number of hydrogen-bond acceptors (Lipinski definition) is 6. The molecule has 1 aromatic rings. The quantitative estimate of drug-likeness (QED) is 0.737. The number of pyridine rings is 1. The van der Waals surface area contributed by atoms with Crippen LogP contribution < -0.4 is 11.1 Å². The van der Waals surface area contributed by atoms with Crippen molar-refractivity contribution < 1.29 is 13.7 Å². The molecule has 0 amide bonds. The highest BCUT2D eigenvalue weighted by molar-refractivity contribution is 7.84. The Morgan fingerprint density at radius 2 is 2.33 bits per heavy atom. The van der Waals surface area contributed by atoms with E-state index >= 15 is 0 Å². The smallest absolute Gasteiger partial charge is 0.341 e. The monoisotopic (exact) mass is 271 g/mol. The van der Waals surface area contributed by atoms with E-state index in [0.29, 0.717) is 29.6 Å². The number of nitrogen functional groups attached to an aromatic ring is 1. The number of hydrogen-bond donors (Lipinski definition) is 2. The zero-order valence-electron chi connectivity index (χ0n) is 10.4. The summed E-state index contributed by atoms with van der Waals surface area (Å²) in [6.07, 6.45) is 1.45. The molecule has 0 radical (unpaired) electrons. The summed E-state index contributed by atoms with van der Waals surface area (Å²) in [5.41, 5.74) is 6.24. The van der Waals surface area contributed by atoms with Gasteiger partial charge < -0.3 is 15.8 Å². The third-order valence-corrected chi connectivity index (χ3v) is 3.56. The molecule has 0 aliphatic rings. The van der Waals surface area contributed by atoms with Gasteiger partial charge in [0.2, 0.25) is 0 Å². The van der Waals surface area contributed by atoms with E-state index in [1.165, 1.54) is 19.4 Å². The Morgan fingerprint density at radius 3 is 2.94 bits per heavy atom. The maximum Gasteiger partial charge on any atom is 0.341 e. The fraction of sp³-hybridized carbons (Fsp3) is 0.455. The standard InChI is InChI=1S/C11H17N3O3S/c1-3-18(16)5-4-13-10-9(11(15)17-2)6-8(12)7-14-10/h6-7H,3-5,12H2,1-2H3,(H,13,14). The largest absolute Gasteiger partial charge is 0.465 e. The number of aromatic nitrogens is 1. The predicted octanol–water partition coefficient (Wildman–Crippen LogP) is 0.631. The Kier molecular flexibility index (Phi) is 5.57. The topological polar surface area (TPSA) is 94.3 Å². The summed E-state index contributed by atoms with van der Waals surface area (Å²) >= 11 is 0. The van der Waals surface area contributed by atoms with Crippen molar-refractivity contribution in [2.24, 2.45) is 0 Å². The van der Waals surface area contributed by atoms with Gasteiger partial charge in [-0.15, -0.1) is 0 Å². The lowest BCUT2D eigenvalue weighted by Crippen LogP contribution is -2.16. The van der Waals surface area contributed by atoms with Gasteiger partial charge in [-0.2, -0.15) is 0 Å². The van der Waals surface area contributed by atoms with Crippen LogP contribution in [0.2, 0.25) is 0 Å². The first-order chi connectivity index (χ1) is 8.58. The number of esters is 1. The molecule has 0 bridgehead atoms. The van der Waals surface area contributed by atoms with Gasteiger partial charge in [0.15, 0.2) is 0 Å². The molecule has 0 aliphatic carbocycles. The summed E-state index contributed by atoms with van der Waals surface area (Å²) in [5, 5.41) is 2.96. The van der Waals surface area contributed by atoms with Gasteiger partial charge >= 0.3 is 5.97 Å². The average molecular weight is 271 g/mol. The van der Waals surface area contributed by atoms with Crippen molar-refractivity contribution >= 4 is 28.3 Å². The van der Waals surface area contributed by atoms with E-state index in [-0.39, 0.29) is 5.56 Å². The number of nitrogens with one attached hydrogen (secondary N) is 1. The fourth-order valence-corrected chi connectivity index (χ4v) is 1.93. The van der Waals surface area contributed by atoms with Crippen molar-refractivity contribution in [3.63, 3.8) is 0 Å². The molecule has 0 fully saturated rings. The maximum absolute atomic E-state index is 11.5. The van der Waals surface area contributed by atoms with Crippen LogP contribution in [0.4, 0.5) is 11.5 Å². The lowest BCUT2D eigenvalue weighted by Gasteiger charge is -2.09. The first-order valence-corrected chi connectivity index (χ1v) is 7.00. The molecule has 100 valence electrons. The minimum atomic E-state index is -0.855. The summed E-state index contributed by atoms with van der Waals surface area (Å²) in [4.78, 5) is 15.6. The molecular formula is C11H17N3O3S. The molecule has 0 saturated carbocycles. The van der Waals surface area contributed by atoms with Crippen LogP contribution in [0.15, 0.2) is 12.3 Å². The van der Waals surface area contributed by atoms with Crippen LogP contribution in [0.1, 0.15) is 17.3 Å². The van der Waals surface area contributed by atoms with E-state index in [1.807, 2.05) is 6.92 Å². The van der Waals surface area contributed by atoms with Crippen LogP contribution >= 0.6 is 0 Å². The number of rotatable bonds is 6. The van der Waals surface area contributed by atoms with Gasteiger partial charge in [0.1, 0.15) is 11.4 Å². The van der Waals surface area contributed by atoms with Gasteiger partial charge in [-0.1, -0.05) is 6.92 Å². The summed E-state index contributed by atoms with van der Waals surface area (Å²) < 4.78 is 15.9. The van der Waals surface area contributed by atoms with E-state index in [9.17, 15) is 9.00 Å². The number of nitrogens with two attached hydrogens (primary N) is 1. The number of methoxy groups -OCH3 is 1. The highest BCUT2D eigenvalue weighted by atomic mass is 32.2. The molecule has 1 rings (SSSR count). The Balaban J connectivity index is 2.75. The SMILES string of the molecule is CCS(=O)CCNc1ncc(N)cc1C(=O)OC. The first-order valence-electron chi connectivity index (χ1n) is 5.51. The van der Waals surface area contributed by atoms with Gasteiger partial charge in [0.05, 0.1) is 19.0 Å². The van der Waals surface area contributed by atoms with E-state index in [1.54, 1.807) is 0 Å². The third-order valence-electron chi connectivity index (χ3n) is 2.26. The minimum absolute atomic E-state index is 0.278. The van der Waals surface area contributed by atoms with Gasteiger partial charge in [0.25, 0.3) is 0 Å². The van der Waals surface area contributed by atoms with Gasteiger partial charge in [-0.05, 0) is 6.07 Å². The Hall–Kier alpha value is -1.63. The van der Waals surface area contributed by atoms with Crippen LogP contribution in [-0.2, 0) is 15.5 Å². The van der Waals surface area contributed by atoms with E-state index in [4.69, 9.17) is 5.73 Å². The molecule has 0 spiro atoms. The van der Waals surface area contributed by atoms with Crippen molar-refractivity contribution in [2.45, 2.75) is 6.92 Å². The van der Waals surface area contributed by atoms with Gasteiger partial charge in [-0.25, -0.2) is 9.78 Å². The number of carbonyl (C=O) groups is 1. The first kappa shape index (κ1) is 14.4. The highest BCUT2D eigenvalue weighted by Crippen LogP contribution is 2.16. The second kappa shape index (κ2) is 6.95. The zero-order chi connectivity index (χ0) is 13.5. The predicted molar refractivity (Wildman–Crippen MR) is 72.0 cm³/mol. The van der Waals surface area contributed by atoms with Crippen molar-refractivity contribution in [3.05, 3.63) is 17.8 Å². The van der Waals surface area contributed by atoms with Crippen molar-refractivity contribution in [1.29, 1.82) is 0 Å². The molecule has 6 nitrogen and oxygen atoms in total. The molecule has 1 atom stereocenters. The number of carbonyl (C=O) groups excluding carboxylic acids is 1. The van der Waals surface area contributed by atoms with Crippen LogP contribution in [0, 0.1) is 0 Å². The van der Waals surface area contributed by atoms with Crippen molar-refractivity contribution in [2.75, 3.05) is 36.2 Å². The summed E-state index contributed by atoms with van der Waals surface area (Å²) in [7, 11) is 0.438. The molecule has 1 unspecified atom stereocenters. The molecule has 1 aromatic heterocycles. The second-order valence-electron chi connectivity index (χ2n) is 3.52. The summed E-state index contributed by atoms with van der Waals surface area (Å²) in [6, 6.07) is 1.50. The van der Waals surface area contributed by atoms with E-state index < -0.39 is 16.8 Å². The Labute approximate surface area is 108 Å². The molecule has 1 heterocycles. The van der Waals surface area contributed by atoms with Crippen LogP contribution in [0.3, 0.4) is 0 Å². The molecule has 0 saturated heterocycles. The van der Waals surface area contributed by atoms with Crippen molar-refractivity contribution in [3.8, 4) is 0 Å². The number of nitrogens with zero attached hydrogens (tertiary/aromatic N) is 1. The van der Waals surface area contributed by atoms with E-state index in [0.717, 1.165) is 0 Å². The lowest BCUT2D eigenvalue weighted by atomic mass is 10.2. The van der Waals surface area contributed by atoms with Gasteiger partial charge in [0, 0.05) is 28.9 Å². The van der Waals surface area contributed by atoms with Crippen LogP contribution in [0.25, 0.3) is 0 Å². The third kappa shape index (κ3) is 3.99. The van der Waals surface area contributed by atoms with Crippen molar-refractivity contribution in [1.82, 2.24) is 4.98 Å². The van der Waals surface area contributed by atoms with Crippen LogP contribution in [0.5, 0.6) is 0 Å². The molecular weight excluding hydrogens is 254 g/mol.